The van der Waals surface area contributed by atoms with Crippen LogP contribution in [0, 0.1) is 0 Å². The number of benzene rings is 2. The van der Waals surface area contributed by atoms with E-state index in [0.29, 0.717) is 22.2 Å². The van der Waals surface area contributed by atoms with Crippen molar-refractivity contribution >= 4 is 46.7 Å². The summed E-state index contributed by atoms with van der Waals surface area (Å²) in [5.41, 5.74) is 0.739. The average molecular weight is 479 g/mol. The number of anilines is 1. The summed E-state index contributed by atoms with van der Waals surface area (Å²) in [5, 5.41) is 5.57. The third-order valence-corrected chi connectivity index (χ3v) is 5.86. The van der Waals surface area contributed by atoms with E-state index in [1.807, 2.05) is 0 Å². The van der Waals surface area contributed by atoms with Gasteiger partial charge in [-0.3, -0.25) is 14.4 Å². The largest absolute Gasteiger partial charge is 0.454 e. The smallest absolute Gasteiger partial charge is 0.325 e. The molecule has 32 heavy (non-hydrogen) atoms. The molecule has 1 aliphatic heterocycles. The number of nitrogens with one attached hydrogen (secondary N) is 2. The second-order valence-corrected chi connectivity index (χ2v) is 8.32. The van der Waals surface area contributed by atoms with E-state index in [1.54, 1.807) is 18.2 Å². The predicted octanol–water partition coefficient (Wildman–Crippen LogP) is 3.95. The van der Waals surface area contributed by atoms with Crippen LogP contribution in [-0.4, -0.2) is 36.7 Å². The Bertz CT molecular complexity index is 1070. The van der Waals surface area contributed by atoms with Gasteiger partial charge in [0.1, 0.15) is 6.54 Å². The monoisotopic (exact) mass is 478 g/mol. The molecule has 4 rings (SSSR count). The first kappa shape index (κ1) is 22.2. The molecule has 0 radical (unpaired) electrons. The summed E-state index contributed by atoms with van der Waals surface area (Å²) >= 11 is 11.7. The molecule has 0 aromatic heterocycles. The number of carbonyl (C=O) groups excluding carboxylic acids is 3. The summed E-state index contributed by atoms with van der Waals surface area (Å²) in [7, 11) is 0. The number of fused-ring (bicyclic) bond motifs is 1. The van der Waals surface area contributed by atoms with Crippen molar-refractivity contribution in [2.75, 3.05) is 18.5 Å². The fourth-order valence-electron chi connectivity index (χ4n) is 3.58. The number of rotatable bonds is 6. The number of carbonyl (C=O) groups is 3. The molecule has 0 bridgehead atoms. The normalized spacial score (nSPS) is 15.4. The average Bonchev–Trinajstić information content (AvgIpc) is 3.37. The van der Waals surface area contributed by atoms with Crippen LogP contribution in [0.1, 0.15) is 36.0 Å². The Labute approximate surface area is 194 Å². The Balaban J connectivity index is 1.22. The molecule has 2 aromatic rings. The topological polar surface area (TPSA) is 103 Å². The zero-order chi connectivity index (χ0) is 22.7. The van der Waals surface area contributed by atoms with E-state index in [1.165, 1.54) is 18.2 Å². The van der Waals surface area contributed by atoms with Crippen molar-refractivity contribution in [3.63, 3.8) is 0 Å². The third kappa shape index (κ3) is 5.08. The fourth-order valence-corrected chi connectivity index (χ4v) is 3.87. The predicted molar refractivity (Wildman–Crippen MR) is 117 cm³/mol. The Kier molecular flexibility index (Phi) is 6.43. The van der Waals surface area contributed by atoms with Crippen molar-refractivity contribution in [2.45, 2.75) is 31.5 Å². The lowest BCUT2D eigenvalue weighted by Gasteiger charge is -2.21. The lowest BCUT2D eigenvalue weighted by Crippen LogP contribution is -2.34. The summed E-state index contributed by atoms with van der Waals surface area (Å²) in [4.78, 5) is 36.0. The van der Waals surface area contributed by atoms with E-state index in [9.17, 15) is 14.4 Å². The van der Waals surface area contributed by atoms with Crippen LogP contribution in [0.2, 0.25) is 10.0 Å². The van der Waals surface area contributed by atoms with Gasteiger partial charge < -0.3 is 24.8 Å². The maximum absolute atomic E-state index is 12.1. The Morgan fingerprint density at radius 2 is 1.72 bits per heavy atom. The van der Waals surface area contributed by atoms with Crippen molar-refractivity contribution in [1.82, 2.24) is 5.32 Å². The number of hydrogen-bond donors (Lipinski definition) is 2. The summed E-state index contributed by atoms with van der Waals surface area (Å²) in [6, 6.07) is 9.45. The number of halogens is 2. The van der Waals surface area contributed by atoms with Crippen LogP contribution in [-0.2, 0) is 14.3 Å². The lowest BCUT2D eigenvalue weighted by molar-refractivity contribution is -0.146. The molecule has 0 saturated heterocycles. The number of ether oxygens (including phenoxy) is 3. The molecule has 0 unspecified atom stereocenters. The maximum atomic E-state index is 12.1. The molecule has 8 nitrogen and oxygen atoms in total. The van der Waals surface area contributed by atoms with Crippen LogP contribution in [0.15, 0.2) is 36.4 Å². The van der Waals surface area contributed by atoms with Gasteiger partial charge in [0.25, 0.3) is 17.6 Å². The minimum absolute atomic E-state index is 0.223. The van der Waals surface area contributed by atoms with Gasteiger partial charge in [-0.05, 0) is 43.2 Å². The first-order valence-corrected chi connectivity index (χ1v) is 10.8. The van der Waals surface area contributed by atoms with E-state index in [0.717, 1.165) is 25.7 Å². The molecular weight excluding hydrogens is 459 g/mol. The Hall–Kier alpha value is -2.97. The Morgan fingerprint density at radius 1 is 0.969 bits per heavy atom. The van der Waals surface area contributed by atoms with Gasteiger partial charge >= 0.3 is 5.97 Å². The molecule has 0 atom stereocenters. The van der Waals surface area contributed by atoms with Gasteiger partial charge in [0.15, 0.2) is 18.1 Å². The van der Waals surface area contributed by atoms with Gasteiger partial charge in [0.05, 0.1) is 10.0 Å². The standard InChI is InChI=1S/C22H20Cl2N2O6/c23-15-5-3-13(9-16(15)24)21(29)25-11-20(28)30-12-19(27)26-14-4-6-17-18(10-14)32-22(31-17)7-1-2-8-22/h3-6,9-10H,1-2,7-8,11-12H2,(H,25,29)(H,26,27). The van der Waals surface area contributed by atoms with Crippen molar-refractivity contribution in [3.05, 3.63) is 52.0 Å². The minimum Gasteiger partial charge on any atom is -0.454 e. The van der Waals surface area contributed by atoms with Crippen LogP contribution in [0.3, 0.4) is 0 Å². The van der Waals surface area contributed by atoms with Crippen molar-refractivity contribution < 1.29 is 28.6 Å². The number of hydrogen-bond acceptors (Lipinski definition) is 6. The highest BCUT2D eigenvalue weighted by Gasteiger charge is 2.44. The van der Waals surface area contributed by atoms with Crippen LogP contribution in [0.4, 0.5) is 5.69 Å². The maximum Gasteiger partial charge on any atom is 0.325 e. The number of esters is 1. The summed E-state index contributed by atoms with van der Waals surface area (Å²) in [6.45, 7) is -0.904. The van der Waals surface area contributed by atoms with Gasteiger partial charge in [-0.2, -0.15) is 0 Å². The zero-order valence-corrected chi connectivity index (χ0v) is 18.4. The summed E-state index contributed by atoms with van der Waals surface area (Å²) in [6.07, 6.45) is 3.77. The van der Waals surface area contributed by atoms with Crippen LogP contribution in [0.5, 0.6) is 11.5 Å². The van der Waals surface area contributed by atoms with Gasteiger partial charge in [-0.1, -0.05) is 23.2 Å². The highest BCUT2D eigenvalue weighted by atomic mass is 35.5. The fraction of sp³-hybridized carbons (Fsp3) is 0.318. The van der Waals surface area contributed by atoms with E-state index < -0.39 is 36.7 Å². The molecule has 1 fully saturated rings. The molecule has 1 saturated carbocycles. The highest BCUT2D eigenvalue weighted by Crippen LogP contribution is 2.47. The molecule has 1 spiro atoms. The molecule has 2 aliphatic rings. The van der Waals surface area contributed by atoms with Crippen molar-refractivity contribution in [2.24, 2.45) is 0 Å². The van der Waals surface area contributed by atoms with Gasteiger partial charge in [0, 0.05) is 30.2 Å². The summed E-state index contributed by atoms with van der Waals surface area (Å²) in [5.74, 6) is -1.17. The van der Waals surface area contributed by atoms with Crippen molar-refractivity contribution in [1.29, 1.82) is 0 Å². The van der Waals surface area contributed by atoms with Crippen LogP contribution in [0.25, 0.3) is 0 Å². The molecule has 2 amide bonds. The second kappa shape index (κ2) is 9.26. The highest BCUT2D eigenvalue weighted by molar-refractivity contribution is 6.42. The van der Waals surface area contributed by atoms with Crippen LogP contribution >= 0.6 is 23.2 Å². The first-order chi connectivity index (χ1) is 15.3. The molecule has 168 valence electrons. The minimum atomic E-state index is -0.762. The number of amides is 2. The lowest BCUT2D eigenvalue weighted by atomic mass is 10.2. The van der Waals surface area contributed by atoms with Crippen molar-refractivity contribution in [3.8, 4) is 11.5 Å². The molecule has 10 heteroatoms. The SMILES string of the molecule is O=C(COC(=O)CNC(=O)c1ccc(Cl)c(Cl)c1)Nc1ccc2c(c1)OC1(CCCC1)O2. The third-order valence-electron chi connectivity index (χ3n) is 5.12. The first-order valence-electron chi connectivity index (χ1n) is 10.0. The zero-order valence-electron chi connectivity index (χ0n) is 16.9. The summed E-state index contributed by atoms with van der Waals surface area (Å²) < 4.78 is 16.8. The Morgan fingerprint density at radius 3 is 2.47 bits per heavy atom. The molecular formula is C22H20Cl2N2O6. The van der Waals surface area contributed by atoms with Gasteiger partial charge in [0.2, 0.25) is 0 Å². The molecule has 1 aliphatic carbocycles. The van der Waals surface area contributed by atoms with E-state index in [-0.39, 0.29) is 10.6 Å². The molecule has 2 N–H and O–H groups in total. The quantitative estimate of drug-likeness (QED) is 0.609. The molecule has 1 heterocycles. The molecule has 2 aromatic carbocycles. The van der Waals surface area contributed by atoms with E-state index in [2.05, 4.69) is 10.6 Å². The second-order valence-electron chi connectivity index (χ2n) is 7.50. The van der Waals surface area contributed by atoms with E-state index in [4.69, 9.17) is 37.4 Å². The van der Waals surface area contributed by atoms with Crippen LogP contribution < -0.4 is 20.1 Å². The van der Waals surface area contributed by atoms with E-state index >= 15 is 0 Å². The van der Waals surface area contributed by atoms with Gasteiger partial charge in [-0.25, -0.2) is 0 Å². The van der Waals surface area contributed by atoms with Gasteiger partial charge in [-0.15, -0.1) is 0 Å².